The Morgan fingerprint density at radius 1 is 1.12 bits per heavy atom. The molecule has 5 nitrogen and oxygen atoms in total. The number of amides is 1. The highest BCUT2D eigenvalue weighted by atomic mass is 16.5. The van der Waals surface area contributed by atoms with Gasteiger partial charge in [0.15, 0.2) is 6.61 Å². The van der Waals surface area contributed by atoms with Crippen molar-refractivity contribution in [1.29, 1.82) is 10.5 Å². The van der Waals surface area contributed by atoms with Crippen LogP contribution in [-0.4, -0.2) is 12.5 Å². The number of anilines is 1. The summed E-state index contributed by atoms with van der Waals surface area (Å²) in [5, 5.41) is 20.4. The van der Waals surface area contributed by atoms with E-state index in [1.165, 1.54) is 6.08 Å². The van der Waals surface area contributed by atoms with E-state index in [-0.39, 0.29) is 12.2 Å². The number of ether oxygens (including phenoxy) is 1. The van der Waals surface area contributed by atoms with Crippen molar-refractivity contribution in [3.05, 3.63) is 65.2 Å². The zero-order valence-electron chi connectivity index (χ0n) is 13.1. The molecule has 2 aromatic rings. The number of hydrogen-bond acceptors (Lipinski definition) is 4. The third-order valence-corrected chi connectivity index (χ3v) is 3.17. The van der Waals surface area contributed by atoms with Gasteiger partial charge in [-0.05, 0) is 42.8 Å². The van der Waals surface area contributed by atoms with Gasteiger partial charge in [-0.1, -0.05) is 29.8 Å². The van der Waals surface area contributed by atoms with E-state index in [4.69, 9.17) is 10.00 Å². The summed E-state index contributed by atoms with van der Waals surface area (Å²) in [7, 11) is 0. The Balaban J connectivity index is 2.10. The second kappa shape index (κ2) is 8.17. The molecule has 24 heavy (non-hydrogen) atoms. The predicted molar refractivity (Wildman–Crippen MR) is 90.9 cm³/mol. The van der Waals surface area contributed by atoms with E-state index in [0.29, 0.717) is 17.0 Å². The van der Waals surface area contributed by atoms with Crippen molar-refractivity contribution in [2.24, 2.45) is 0 Å². The van der Waals surface area contributed by atoms with E-state index in [9.17, 15) is 10.1 Å². The molecule has 2 aromatic carbocycles. The Kier molecular flexibility index (Phi) is 5.71. The molecule has 118 valence electrons. The standard InChI is InChI=1S/C19H15N3O2/c1-14-2-6-17(7-3-14)22-19(23)16(13-21)12-15-4-8-18(9-5-15)24-11-10-20/h2-9,12H,11H2,1H3,(H,22,23). The lowest BCUT2D eigenvalue weighted by atomic mass is 10.1. The van der Waals surface area contributed by atoms with Crippen LogP contribution >= 0.6 is 0 Å². The first-order valence-electron chi connectivity index (χ1n) is 7.22. The van der Waals surface area contributed by atoms with E-state index in [2.05, 4.69) is 5.32 Å². The Hall–Kier alpha value is -3.57. The maximum absolute atomic E-state index is 12.2. The molecule has 0 heterocycles. The molecule has 0 spiro atoms. The number of nitriles is 2. The topological polar surface area (TPSA) is 85.9 Å². The average molecular weight is 317 g/mol. The molecule has 0 radical (unpaired) electrons. The van der Waals surface area contributed by atoms with Crippen LogP contribution in [0.2, 0.25) is 0 Å². The van der Waals surface area contributed by atoms with Crippen LogP contribution in [0.3, 0.4) is 0 Å². The fourth-order valence-electron chi connectivity index (χ4n) is 1.93. The summed E-state index contributed by atoms with van der Waals surface area (Å²) in [5.41, 5.74) is 2.41. The third kappa shape index (κ3) is 4.72. The van der Waals surface area contributed by atoms with Crippen LogP contribution in [0.1, 0.15) is 11.1 Å². The third-order valence-electron chi connectivity index (χ3n) is 3.17. The van der Waals surface area contributed by atoms with E-state index in [1.54, 1.807) is 36.4 Å². The Bertz CT molecular complexity index is 823. The van der Waals surface area contributed by atoms with Crippen molar-refractivity contribution in [3.63, 3.8) is 0 Å². The number of nitrogens with one attached hydrogen (secondary N) is 1. The van der Waals surface area contributed by atoms with Crippen molar-refractivity contribution >= 4 is 17.7 Å². The normalized spacial score (nSPS) is 10.4. The van der Waals surface area contributed by atoms with Crippen molar-refractivity contribution in [3.8, 4) is 17.9 Å². The summed E-state index contributed by atoms with van der Waals surface area (Å²) in [6, 6.07) is 17.9. The lowest BCUT2D eigenvalue weighted by molar-refractivity contribution is -0.112. The van der Waals surface area contributed by atoms with Crippen molar-refractivity contribution in [2.45, 2.75) is 6.92 Å². The summed E-state index contributed by atoms with van der Waals surface area (Å²) in [6.45, 7) is 1.92. The summed E-state index contributed by atoms with van der Waals surface area (Å²) in [5.74, 6) is 0.0856. The molecule has 0 aliphatic heterocycles. The monoisotopic (exact) mass is 317 g/mol. The maximum Gasteiger partial charge on any atom is 0.266 e. The van der Waals surface area contributed by atoms with Gasteiger partial charge in [0.1, 0.15) is 23.5 Å². The average Bonchev–Trinajstić information content (AvgIpc) is 2.60. The number of benzene rings is 2. The molecule has 0 saturated heterocycles. The lowest BCUT2D eigenvalue weighted by Crippen LogP contribution is -2.13. The summed E-state index contributed by atoms with van der Waals surface area (Å²) in [6.07, 6.45) is 1.50. The van der Waals surface area contributed by atoms with Crippen LogP contribution in [0.5, 0.6) is 5.75 Å². The molecular formula is C19H15N3O2. The maximum atomic E-state index is 12.2. The lowest BCUT2D eigenvalue weighted by Gasteiger charge is -2.05. The number of carbonyl (C=O) groups excluding carboxylic acids is 1. The quantitative estimate of drug-likeness (QED) is 0.676. The van der Waals surface area contributed by atoms with Gasteiger partial charge in [-0.3, -0.25) is 4.79 Å². The van der Waals surface area contributed by atoms with Crippen LogP contribution in [0, 0.1) is 29.6 Å². The fourth-order valence-corrected chi connectivity index (χ4v) is 1.93. The van der Waals surface area contributed by atoms with Crippen LogP contribution in [-0.2, 0) is 4.79 Å². The number of nitrogens with zero attached hydrogens (tertiary/aromatic N) is 2. The van der Waals surface area contributed by atoms with Crippen molar-refractivity contribution < 1.29 is 9.53 Å². The van der Waals surface area contributed by atoms with Gasteiger partial charge in [-0.2, -0.15) is 10.5 Å². The molecule has 2 rings (SSSR count). The molecule has 0 aliphatic carbocycles. The minimum atomic E-state index is -0.467. The van der Waals surface area contributed by atoms with Crippen LogP contribution in [0.15, 0.2) is 54.1 Å². The summed E-state index contributed by atoms with van der Waals surface area (Å²) >= 11 is 0. The van der Waals surface area contributed by atoms with Gasteiger partial charge in [0.05, 0.1) is 0 Å². The minimum Gasteiger partial charge on any atom is -0.479 e. The predicted octanol–water partition coefficient (Wildman–Crippen LogP) is 3.44. The SMILES string of the molecule is Cc1ccc(NC(=O)C(C#N)=Cc2ccc(OCC#N)cc2)cc1. The van der Waals surface area contributed by atoms with Gasteiger partial charge in [0.25, 0.3) is 5.91 Å². The van der Waals surface area contributed by atoms with Crippen LogP contribution in [0.4, 0.5) is 5.69 Å². The molecule has 5 heteroatoms. The first kappa shape index (κ1) is 16.8. The van der Waals surface area contributed by atoms with Crippen molar-refractivity contribution in [1.82, 2.24) is 0 Å². The fraction of sp³-hybridized carbons (Fsp3) is 0.105. The van der Waals surface area contributed by atoms with E-state index in [1.807, 2.05) is 31.2 Å². The first-order valence-corrected chi connectivity index (χ1v) is 7.22. The van der Waals surface area contributed by atoms with Gasteiger partial charge in [0.2, 0.25) is 0 Å². The summed E-state index contributed by atoms with van der Waals surface area (Å²) in [4.78, 5) is 12.2. The molecule has 0 fully saturated rings. The molecule has 1 amide bonds. The zero-order valence-corrected chi connectivity index (χ0v) is 13.1. The second-order valence-electron chi connectivity index (χ2n) is 5.01. The molecule has 0 aromatic heterocycles. The molecule has 0 aliphatic rings. The number of rotatable bonds is 5. The van der Waals surface area contributed by atoms with E-state index >= 15 is 0 Å². The molecule has 0 saturated carbocycles. The van der Waals surface area contributed by atoms with Gasteiger partial charge in [0, 0.05) is 5.69 Å². The zero-order chi connectivity index (χ0) is 17.4. The van der Waals surface area contributed by atoms with Gasteiger partial charge in [-0.15, -0.1) is 0 Å². The smallest absolute Gasteiger partial charge is 0.266 e. The Morgan fingerprint density at radius 2 is 1.79 bits per heavy atom. The van der Waals surface area contributed by atoms with Crippen LogP contribution < -0.4 is 10.1 Å². The largest absolute Gasteiger partial charge is 0.479 e. The van der Waals surface area contributed by atoms with Gasteiger partial charge < -0.3 is 10.1 Å². The highest BCUT2D eigenvalue weighted by Crippen LogP contribution is 2.16. The highest BCUT2D eigenvalue weighted by molar-refractivity contribution is 6.09. The molecule has 1 N–H and O–H groups in total. The minimum absolute atomic E-state index is 0.00117. The van der Waals surface area contributed by atoms with E-state index in [0.717, 1.165) is 5.56 Å². The van der Waals surface area contributed by atoms with Gasteiger partial charge >= 0.3 is 0 Å². The Morgan fingerprint density at radius 3 is 2.38 bits per heavy atom. The summed E-state index contributed by atoms with van der Waals surface area (Å²) < 4.78 is 5.15. The number of aryl methyl sites for hydroxylation is 1. The first-order chi connectivity index (χ1) is 11.6. The van der Waals surface area contributed by atoms with E-state index < -0.39 is 5.91 Å². The van der Waals surface area contributed by atoms with Crippen molar-refractivity contribution in [2.75, 3.05) is 11.9 Å². The molecular weight excluding hydrogens is 302 g/mol. The number of hydrogen-bond donors (Lipinski definition) is 1. The molecule has 0 bridgehead atoms. The highest BCUT2D eigenvalue weighted by Gasteiger charge is 2.09. The van der Waals surface area contributed by atoms with Crippen LogP contribution in [0.25, 0.3) is 6.08 Å². The number of carbonyl (C=O) groups is 1. The Labute approximate surface area is 140 Å². The molecule has 0 atom stereocenters. The van der Waals surface area contributed by atoms with Gasteiger partial charge in [-0.25, -0.2) is 0 Å². The second-order valence-corrected chi connectivity index (χ2v) is 5.01. The molecule has 0 unspecified atom stereocenters.